The lowest BCUT2D eigenvalue weighted by Gasteiger charge is -2.31. The molecule has 0 saturated carbocycles. The van der Waals surface area contributed by atoms with Gasteiger partial charge in [-0.1, -0.05) is 0 Å². The number of hydrogen-bond donors (Lipinski definition) is 6. The summed E-state index contributed by atoms with van der Waals surface area (Å²) < 4.78 is 15.8. The largest absolute Gasteiger partial charge is 0.394 e. The minimum atomic E-state index is -3.90. The number of hydrogen-bond acceptors (Lipinski definition) is 7. The van der Waals surface area contributed by atoms with Gasteiger partial charge in [-0.15, -0.1) is 0 Å². The van der Waals surface area contributed by atoms with Crippen LogP contribution in [0.25, 0.3) is 0 Å². The molecule has 0 bridgehead atoms. The molecular weight excluding hydrogens is 251 g/mol. The summed E-state index contributed by atoms with van der Waals surface area (Å²) in [6.07, 6.45) is -4.21. The second kappa shape index (κ2) is 7.40. The second-order valence-electron chi connectivity index (χ2n) is 3.74. The van der Waals surface area contributed by atoms with Gasteiger partial charge in [0, 0.05) is 19.3 Å². The Kier molecular flexibility index (Phi) is 7.38. The Hall–Kier alpha value is -0.0500. The molecule has 0 aliphatic rings. The maximum atomic E-state index is 11.1. The van der Waals surface area contributed by atoms with Crippen LogP contribution < -0.4 is 11.1 Å². The van der Waals surface area contributed by atoms with Gasteiger partial charge in [-0.05, 0) is 7.05 Å². The summed E-state index contributed by atoms with van der Waals surface area (Å²) >= 11 is 0. The van der Waals surface area contributed by atoms with Crippen LogP contribution in [0.1, 0.15) is 0 Å². The summed E-state index contributed by atoms with van der Waals surface area (Å²) in [6.45, 7) is 0.255. The van der Waals surface area contributed by atoms with Gasteiger partial charge in [0.05, 0.1) is 12.7 Å². The van der Waals surface area contributed by atoms with Gasteiger partial charge in [0.15, 0.2) is 0 Å². The highest BCUT2D eigenvalue weighted by Gasteiger charge is 2.35. The third kappa shape index (κ3) is 5.89. The molecule has 0 heterocycles. The van der Waals surface area contributed by atoms with E-state index in [4.69, 9.17) is 20.3 Å². The van der Waals surface area contributed by atoms with E-state index in [2.05, 4.69) is 5.32 Å². The van der Waals surface area contributed by atoms with Gasteiger partial charge in [-0.3, -0.25) is 9.09 Å². The van der Waals surface area contributed by atoms with Crippen LogP contribution in [-0.2, 0) is 9.09 Å². The molecule has 0 rings (SSSR count). The molecule has 9 heteroatoms. The maximum Gasteiger partial charge on any atom is 0.325 e. The molecule has 0 saturated heterocycles. The lowest BCUT2D eigenvalue weighted by Crippen LogP contribution is -2.54. The molecular formula is C8H21N2O6P. The molecule has 8 nitrogen and oxygen atoms in total. The van der Waals surface area contributed by atoms with E-state index in [-0.39, 0.29) is 6.54 Å². The summed E-state index contributed by atoms with van der Waals surface area (Å²) in [5, 5.41) is 30.8. The molecule has 0 amide bonds. The van der Waals surface area contributed by atoms with E-state index < -0.39 is 38.6 Å². The average molecular weight is 272 g/mol. The standard InChI is InChI=1S/C8H21N2O6P/c1-10-5(3-9)7(13)8(6(12)4-11)16-17(2,14)15/h5-8,10-13H,3-4,9H2,1-2H3,(H,14,15). The fraction of sp³-hybridized carbons (Fsp3) is 1.00. The van der Waals surface area contributed by atoms with Gasteiger partial charge in [0.25, 0.3) is 0 Å². The first-order chi connectivity index (χ1) is 7.76. The highest BCUT2D eigenvalue weighted by molar-refractivity contribution is 7.51. The molecule has 0 aromatic carbocycles. The number of aliphatic hydroxyl groups excluding tert-OH is 3. The molecule has 7 N–H and O–H groups in total. The van der Waals surface area contributed by atoms with Gasteiger partial charge in [-0.25, -0.2) is 0 Å². The number of aliphatic hydroxyl groups is 3. The van der Waals surface area contributed by atoms with Crippen molar-refractivity contribution in [3.05, 3.63) is 0 Å². The first kappa shape index (κ1) is 16.9. The van der Waals surface area contributed by atoms with Gasteiger partial charge in [0.1, 0.15) is 12.2 Å². The normalized spacial score (nSPS) is 22.5. The van der Waals surface area contributed by atoms with Crippen molar-refractivity contribution in [2.45, 2.75) is 24.4 Å². The molecule has 17 heavy (non-hydrogen) atoms. The molecule has 0 aromatic rings. The van der Waals surface area contributed by atoms with Crippen LogP contribution >= 0.6 is 7.60 Å². The molecule has 5 unspecified atom stereocenters. The van der Waals surface area contributed by atoms with Crippen molar-refractivity contribution in [3.8, 4) is 0 Å². The Morgan fingerprint density at radius 2 is 2.00 bits per heavy atom. The SMILES string of the molecule is CNC(CN)C(O)C(OP(C)(=O)O)C(O)CO. The van der Waals surface area contributed by atoms with Crippen LogP contribution in [0.5, 0.6) is 0 Å². The minimum absolute atomic E-state index is 0.0368. The summed E-state index contributed by atoms with van der Waals surface area (Å²) in [6, 6.07) is -0.632. The highest BCUT2D eigenvalue weighted by Crippen LogP contribution is 2.39. The molecule has 104 valence electrons. The minimum Gasteiger partial charge on any atom is -0.394 e. The van der Waals surface area contributed by atoms with Crippen molar-refractivity contribution < 1.29 is 29.3 Å². The van der Waals surface area contributed by atoms with Crippen molar-refractivity contribution in [2.75, 3.05) is 26.9 Å². The monoisotopic (exact) mass is 272 g/mol. The predicted octanol–water partition coefficient (Wildman–Crippen LogP) is -2.55. The third-order valence-corrected chi connectivity index (χ3v) is 2.89. The van der Waals surface area contributed by atoms with E-state index >= 15 is 0 Å². The van der Waals surface area contributed by atoms with Gasteiger partial charge >= 0.3 is 7.60 Å². The van der Waals surface area contributed by atoms with Crippen LogP contribution in [0, 0.1) is 0 Å². The van der Waals surface area contributed by atoms with E-state index in [1.54, 1.807) is 0 Å². The predicted molar refractivity (Wildman–Crippen MR) is 61.6 cm³/mol. The Morgan fingerprint density at radius 3 is 2.29 bits per heavy atom. The lowest BCUT2D eigenvalue weighted by atomic mass is 10.0. The first-order valence-corrected chi connectivity index (χ1v) is 7.12. The van der Waals surface area contributed by atoms with Crippen LogP contribution in [0.3, 0.4) is 0 Å². The van der Waals surface area contributed by atoms with Gasteiger partial charge < -0.3 is 31.3 Å². The number of likely N-dealkylation sites (N-methyl/N-ethyl adjacent to an activating group) is 1. The first-order valence-electron chi connectivity index (χ1n) is 5.09. The number of nitrogens with one attached hydrogen (secondary N) is 1. The fourth-order valence-corrected chi connectivity index (χ4v) is 2.06. The van der Waals surface area contributed by atoms with Crippen LogP contribution in [0.2, 0.25) is 0 Å². The average Bonchev–Trinajstić information content (AvgIpc) is 2.25. The van der Waals surface area contributed by atoms with Gasteiger partial charge in [0.2, 0.25) is 0 Å². The Balaban J connectivity index is 4.84. The van der Waals surface area contributed by atoms with Crippen molar-refractivity contribution in [2.24, 2.45) is 5.73 Å². The summed E-state index contributed by atoms with van der Waals surface area (Å²) in [5.74, 6) is 0. The molecule has 0 aromatic heterocycles. The number of rotatable bonds is 8. The Morgan fingerprint density at radius 1 is 1.47 bits per heavy atom. The molecule has 0 aliphatic heterocycles. The zero-order valence-electron chi connectivity index (χ0n) is 9.85. The summed E-state index contributed by atoms with van der Waals surface area (Å²) in [7, 11) is -2.37. The summed E-state index contributed by atoms with van der Waals surface area (Å²) in [4.78, 5) is 9.09. The summed E-state index contributed by atoms with van der Waals surface area (Å²) in [5.41, 5.74) is 5.37. The van der Waals surface area contributed by atoms with E-state index in [0.29, 0.717) is 0 Å². The van der Waals surface area contributed by atoms with Crippen LogP contribution in [-0.4, -0.2) is 71.4 Å². The second-order valence-corrected chi connectivity index (χ2v) is 5.56. The van der Waals surface area contributed by atoms with Gasteiger partial charge in [-0.2, -0.15) is 0 Å². The quantitative estimate of drug-likeness (QED) is 0.265. The number of nitrogens with two attached hydrogens (primary N) is 1. The van der Waals surface area contributed by atoms with Crippen LogP contribution in [0.15, 0.2) is 0 Å². The zero-order valence-corrected chi connectivity index (χ0v) is 10.7. The highest BCUT2D eigenvalue weighted by atomic mass is 31.2. The van der Waals surface area contributed by atoms with Crippen molar-refractivity contribution in [3.63, 3.8) is 0 Å². The zero-order chi connectivity index (χ0) is 13.6. The molecule has 0 radical (unpaired) electrons. The van der Waals surface area contributed by atoms with Crippen molar-refractivity contribution in [1.29, 1.82) is 0 Å². The molecule has 5 atom stereocenters. The fourth-order valence-electron chi connectivity index (χ4n) is 1.35. The van der Waals surface area contributed by atoms with E-state index in [1.807, 2.05) is 0 Å². The Labute approximate surface area is 99.9 Å². The smallest absolute Gasteiger partial charge is 0.325 e. The maximum absolute atomic E-state index is 11.1. The molecule has 0 aliphatic carbocycles. The van der Waals surface area contributed by atoms with Crippen molar-refractivity contribution in [1.82, 2.24) is 5.32 Å². The van der Waals surface area contributed by atoms with E-state index in [1.165, 1.54) is 7.05 Å². The van der Waals surface area contributed by atoms with E-state index in [0.717, 1.165) is 6.66 Å². The molecule has 0 fully saturated rings. The Bertz CT molecular complexity index is 256. The lowest BCUT2D eigenvalue weighted by molar-refractivity contribution is -0.0751. The van der Waals surface area contributed by atoms with E-state index in [9.17, 15) is 14.8 Å². The van der Waals surface area contributed by atoms with Crippen LogP contribution in [0.4, 0.5) is 0 Å². The van der Waals surface area contributed by atoms with Crippen molar-refractivity contribution >= 4 is 7.60 Å². The topological polar surface area (TPSA) is 145 Å². The third-order valence-electron chi connectivity index (χ3n) is 2.26. The molecule has 0 spiro atoms.